The number of aromatic nitrogens is 1. The fraction of sp³-hybridized carbons (Fsp3) is 0.333. The summed E-state index contributed by atoms with van der Waals surface area (Å²) in [4.78, 5) is 52.8. The van der Waals surface area contributed by atoms with Crippen molar-refractivity contribution in [3.8, 4) is 23.0 Å². The van der Waals surface area contributed by atoms with E-state index in [1.54, 1.807) is 48.5 Å². The van der Waals surface area contributed by atoms with Crippen LogP contribution in [0.4, 0.5) is 5.13 Å². The van der Waals surface area contributed by atoms with Gasteiger partial charge in [-0.1, -0.05) is 30.0 Å². The smallest absolute Gasteiger partial charge is 0.330 e. The third-order valence-corrected chi connectivity index (χ3v) is 9.56. The quantitative estimate of drug-likeness (QED) is 0.0194. The summed E-state index contributed by atoms with van der Waals surface area (Å²) in [5.74, 6) is -0.222. The number of fused-ring (bicyclic) bond motifs is 1. The average Bonchev–Trinajstić information content (AvgIpc) is 3.61. The van der Waals surface area contributed by atoms with Crippen LogP contribution in [-0.4, -0.2) is 55.8 Å². The third kappa shape index (κ3) is 11.0. The lowest BCUT2D eigenvalue weighted by atomic mass is 9.82. The van der Waals surface area contributed by atoms with Gasteiger partial charge in [0.2, 0.25) is 5.13 Å². The van der Waals surface area contributed by atoms with Crippen molar-refractivity contribution in [3.63, 3.8) is 0 Å². The van der Waals surface area contributed by atoms with Gasteiger partial charge in [-0.15, -0.1) is 0 Å². The van der Waals surface area contributed by atoms with E-state index in [1.807, 2.05) is 24.3 Å². The van der Waals surface area contributed by atoms with Crippen LogP contribution >= 0.6 is 11.3 Å². The average molecular weight is 728 g/mol. The summed E-state index contributed by atoms with van der Waals surface area (Å²) >= 11 is 1.49. The molecule has 52 heavy (non-hydrogen) atoms. The van der Waals surface area contributed by atoms with Gasteiger partial charge in [0.15, 0.2) is 0 Å². The molecule has 1 fully saturated rings. The van der Waals surface area contributed by atoms with E-state index in [-0.39, 0.29) is 23.4 Å². The van der Waals surface area contributed by atoms with Gasteiger partial charge in [0, 0.05) is 18.7 Å². The van der Waals surface area contributed by atoms with Gasteiger partial charge in [-0.25, -0.2) is 14.8 Å². The third-order valence-electron chi connectivity index (χ3n) is 8.46. The summed E-state index contributed by atoms with van der Waals surface area (Å²) in [6.07, 6.45) is 8.15. The number of ether oxygens (including phenoxy) is 5. The molecule has 0 unspecified atom stereocenters. The van der Waals surface area contributed by atoms with Crippen LogP contribution in [0.1, 0.15) is 56.9 Å². The molecule has 0 spiro atoms. The molecule has 0 aliphatic heterocycles. The number of carbonyl (C=O) groups is 4. The second kappa shape index (κ2) is 19.2. The van der Waals surface area contributed by atoms with Gasteiger partial charge in [-0.05, 0) is 106 Å². The molecule has 0 radical (unpaired) electrons. The van der Waals surface area contributed by atoms with Crippen molar-refractivity contribution >= 4 is 57.3 Å². The molecule has 13 heteroatoms. The Morgan fingerprint density at radius 3 is 2.21 bits per heavy atom. The molecule has 12 nitrogen and oxygen atoms in total. The SMILES string of the molecule is C=CC(=O)OCCCCCCOc1ccc(OC(=O)[C@H]2CC[C@H](C(=O)Oc3ccc(OC=O)cc3/C=N/N(C)c3nc4ccccc4s3)CC2)cc1. The molecule has 3 aromatic carbocycles. The molecule has 4 aromatic rings. The summed E-state index contributed by atoms with van der Waals surface area (Å²) in [6, 6.07) is 19.4. The molecule has 272 valence electrons. The molecular formula is C39H41N3O9S. The van der Waals surface area contributed by atoms with E-state index < -0.39 is 17.9 Å². The van der Waals surface area contributed by atoms with Crippen LogP contribution in [0, 0.1) is 11.8 Å². The highest BCUT2D eigenvalue weighted by Gasteiger charge is 2.32. The minimum Gasteiger partial charge on any atom is -0.494 e. The molecule has 0 amide bonds. The van der Waals surface area contributed by atoms with Crippen LogP contribution in [0.2, 0.25) is 0 Å². The number of benzene rings is 3. The molecule has 1 aromatic heterocycles. The lowest BCUT2D eigenvalue weighted by Gasteiger charge is -2.26. The number of hydrogen-bond donors (Lipinski definition) is 0. The van der Waals surface area contributed by atoms with E-state index in [2.05, 4.69) is 16.7 Å². The first-order valence-corrected chi connectivity index (χ1v) is 18.0. The van der Waals surface area contributed by atoms with Crippen molar-refractivity contribution in [2.24, 2.45) is 16.9 Å². The van der Waals surface area contributed by atoms with Gasteiger partial charge >= 0.3 is 17.9 Å². The summed E-state index contributed by atoms with van der Waals surface area (Å²) < 4.78 is 28.2. The van der Waals surface area contributed by atoms with E-state index in [9.17, 15) is 19.2 Å². The van der Waals surface area contributed by atoms with Crippen LogP contribution < -0.4 is 24.0 Å². The number of hydrogen-bond acceptors (Lipinski definition) is 13. The lowest BCUT2D eigenvalue weighted by molar-refractivity contribution is -0.145. The molecule has 1 aliphatic rings. The van der Waals surface area contributed by atoms with E-state index in [1.165, 1.54) is 23.6 Å². The second-order valence-corrected chi connectivity index (χ2v) is 13.2. The van der Waals surface area contributed by atoms with Crippen molar-refractivity contribution < 1.29 is 42.9 Å². The van der Waals surface area contributed by atoms with Gasteiger partial charge in [-0.2, -0.15) is 5.10 Å². The Morgan fingerprint density at radius 2 is 1.52 bits per heavy atom. The molecule has 5 rings (SSSR count). The van der Waals surface area contributed by atoms with Crippen LogP contribution in [-0.2, 0) is 23.9 Å². The largest absolute Gasteiger partial charge is 0.494 e. The van der Waals surface area contributed by atoms with Gasteiger partial charge in [-0.3, -0.25) is 14.4 Å². The molecule has 0 saturated heterocycles. The maximum Gasteiger partial charge on any atom is 0.330 e. The number of carbonyl (C=O) groups excluding carboxylic acids is 4. The zero-order chi connectivity index (χ0) is 36.7. The fourth-order valence-electron chi connectivity index (χ4n) is 5.59. The topological polar surface area (TPSA) is 143 Å². The molecule has 0 bridgehead atoms. The Hall–Kier alpha value is -5.56. The first-order valence-electron chi connectivity index (χ1n) is 17.2. The van der Waals surface area contributed by atoms with Crippen LogP contribution in [0.15, 0.2) is 84.5 Å². The van der Waals surface area contributed by atoms with Crippen LogP contribution in [0.25, 0.3) is 10.2 Å². The Bertz CT molecular complexity index is 1830. The van der Waals surface area contributed by atoms with Gasteiger partial charge in [0.05, 0.1) is 41.5 Å². The molecular weight excluding hydrogens is 687 g/mol. The second-order valence-electron chi connectivity index (χ2n) is 12.1. The highest BCUT2D eigenvalue weighted by molar-refractivity contribution is 7.22. The Labute approximate surface area is 306 Å². The van der Waals surface area contributed by atoms with Crippen LogP contribution in [0.3, 0.4) is 0 Å². The van der Waals surface area contributed by atoms with Crippen molar-refractivity contribution in [2.75, 3.05) is 25.3 Å². The zero-order valence-corrected chi connectivity index (χ0v) is 29.8. The predicted octanol–water partition coefficient (Wildman–Crippen LogP) is 7.29. The molecule has 0 atom stereocenters. The van der Waals surface area contributed by atoms with E-state index in [4.69, 9.17) is 23.7 Å². The van der Waals surface area contributed by atoms with E-state index in [0.29, 0.717) is 67.6 Å². The molecule has 1 aliphatic carbocycles. The van der Waals surface area contributed by atoms with E-state index >= 15 is 0 Å². The Kier molecular flexibility index (Phi) is 13.9. The number of para-hydroxylation sites is 1. The molecule has 1 heterocycles. The fourth-order valence-corrected chi connectivity index (χ4v) is 6.47. The van der Waals surface area contributed by atoms with Gasteiger partial charge in [0.25, 0.3) is 6.47 Å². The van der Waals surface area contributed by atoms with Crippen molar-refractivity contribution in [1.29, 1.82) is 0 Å². The van der Waals surface area contributed by atoms with Gasteiger partial charge < -0.3 is 23.7 Å². The van der Waals surface area contributed by atoms with Crippen molar-refractivity contribution in [3.05, 3.63) is 84.9 Å². The first-order chi connectivity index (χ1) is 25.3. The van der Waals surface area contributed by atoms with Crippen LogP contribution in [0.5, 0.6) is 23.0 Å². The maximum absolute atomic E-state index is 13.3. The number of thiazole rings is 1. The molecule has 0 N–H and O–H groups in total. The highest BCUT2D eigenvalue weighted by Crippen LogP contribution is 2.33. The summed E-state index contributed by atoms with van der Waals surface area (Å²) in [5, 5.41) is 6.79. The molecule has 1 saturated carbocycles. The first kappa shape index (κ1) is 37.7. The number of esters is 3. The maximum atomic E-state index is 13.3. The minimum absolute atomic E-state index is 0.266. The summed E-state index contributed by atoms with van der Waals surface area (Å²) in [6.45, 7) is 4.63. The lowest BCUT2D eigenvalue weighted by Crippen LogP contribution is -2.30. The summed E-state index contributed by atoms with van der Waals surface area (Å²) in [7, 11) is 1.76. The van der Waals surface area contributed by atoms with Gasteiger partial charge in [0.1, 0.15) is 23.0 Å². The van der Waals surface area contributed by atoms with E-state index in [0.717, 1.165) is 42.0 Å². The number of nitrogens with zero attached hydrogens (tertiary/aromatic N) is 3. The Balaban J connectivity index is 1.07. The van der Waals surface area contributed by atoms with Crippen molar-refractivity contribution in [1.82, 2.24) is 4.98 Å². The standard InChI is InChI=1S/C39H41N3O9S/c1-3-36(44)48-23-9-5-4-8-22-47-30-16-18-31(19-17-30)50-37(45)27-12-14-28(15-13-27)38(46)51-34-21-20-32(49-26-43)24-29(34)25-40-42(2)39-41-33-10-6-7-11-35(33)52-39/h3,6-7,10-11,16-21,24-28H,1,4-5,8-9,12-15,22-23H2,2H3/b40-25+/t27-,28-. The Morgan fingerprint density at radius 1 is 0.865 bits per heavy atom. The number of anilines is 1. The predicted molar refractivity (Wildman–Crippen MR) is 197 cm³/mol. The number of rotatable bonds is 18. The minimum atomic E-state index is -0.408. The monoisotopic (exact) mass is 727 g/mol. The number of unbranched alkanes of at least 4 members (excludes halogenated alkanes) is 3. The summed E-state index contributed by atoms with van der Waals surface area (Å²) in [5.41, 5.74) is 1.31. The van der Waals surface area contributed by atoms with Crippen molar-refractivity contribution in [2.45, 2.75) is 51.4 Å². The zero-order valence-electron chi connectivity index (χ0n) is 28.9. The highest BCUT2D eigenvalue weighted by atomic mass is 32.1. The number of hydrazone groups is 1. The normalized spacial score (nSPS) is 15.5.